The van der Waals surface area contributed by atoms with Gasteiger partial charge in [-0.25, -0.2) is 9.98 Å². The molecule has 0 saturated heterocycles. The Hall–Kier alpha value is -0.670. The zero-order valence-corrected chi connectivity index (χ0v) is 8.68. The first kappa shape index (κ1) is 10.4. The molecule has 1 rings (SSSR count). The lowest BCUT2D eigenvalue weighted by atomic mass is 10.2. The maximum absolute atomic E-state index is 5.68. The molecule has 3 nitrogen and oxygen atoms in total. The van der Waals surface area contributed by atoms with E-state index in [1.54, 1.807) is 12.3 Å². The smallest absolute Gasteiger partial charge is 0.225 e. The van der Waals surface area contributed by atoms with Crippen LogP contribution < -0.4 is 0 Å². The number of allylic oxidation sites excluding steroid dienone is 2. The molecule has 5 heteroatoms. The van der Waals surface area contributed by atoms with Gasteiger partial charge in [0.25, 0.3) is 0 Å². The van der Waals surface area contributed by atoms with Crippen LogP contribution in [0, 0.1) is 0 Å². The molecule has 1 aliphatic heterocycles. The molecule has 0 amide bonds. The number of hydrogen-bond donors (Lipinski definition) is 0. The first-order valence-electron chi connectivity index (χ1n) is 3.94. The maximum Gasteiger partial charge on any atom is 0.225 e. The Balaban J connectivity index is 2.85. The standard InChI is InChI=1S/C8H9Cl2N3/c1-2-3-6-4-5-11-7(9)13-8(10)12-6/h4-5H,2-3H2,1H3. The first-order valence-corrected chi connectivity index (χ1v) is 4.69. The SMILES string of the molecule is CCCC1=CC=NC(Cl)=NC(Cl)=N1. The van der Waals surface area contributed by atoms with E-state index in [1.165, 1.54) is 0 Å². The van der Waals surface area contributed by atoms with Gasteiger partial charge in [-0.3, -0.25) is 0 Å². The molecule has 0 atom stereocenters. The number of hydrogen-bond acceptors (Lipinski definition) is 3. The van der Waals surface area contributed by atoms with E-state index in [4.69, 9.17) is 23.2 Å². The van der Waals surface area contributed by atoms with Crippen LogP contribution in [0.1, 0.15) is 19.8 Å². The van der Waals surface area contributed by atoms with E-state index in [2.05, 4.69) is 21.9 Å². The van der Waals surface area contributed by atoms with Gasteiger partial charge in [0.1, 0.15) is 0 Å². The lowest BCUT2D eigenvalue weighted by Crippen LogP contribution is -1.94. The third-order valence-electron chi connectivity index (χ3n) is 1.37. The summed E-state index contributed by atoms with van der Waals surface area (Å²) in [6.07, 6.45) is 5.22. The minimum atomic E-state index is 0.0977. The van der Waals surface area contributed by atoms with Crippen molar-refractivity contribution in [2.24, 2.45) is 15.0 Å². The summed E-state index contributed by atoms with van der Waals surface area (Å²) < 4.78 is 0. The van der Waals surface area contributed by atoms with Crippen LogP contribution in [-0.4, -0.2) is 16.8 Å². The Kier molecular flexibility index (Phi) is 4.12. The zero-order chi connectivity index (χ0) is 9.68. The van der Waals surface area contributed by atoms with Crippen molar-refractivity contribution in [1.82, 2.24) is 0 Å². The van der Waals surface area contributed by atoms with E-state index in [0.717, 1.165) is 18.5 Å². The molecule has 0 bridgehead atoms. The number of amidine groups is 2. The third kappa shape index (κ3) is 3.70. The second kappa shape index (κ2) is 5.14. The van der Waals surface area contributed by atoms with Crippen LogP contribution in [0.15, 0.2) is 26.8 Å². The Morgan fingerprint density at radius 3 is 2.69 bits per heavy atom. The summed E-state index contributed by atoms with van der Waals surface area (Å²) in [5.74, 6) is 0. The molecule has 0 aromatic carbocycles. The highest BCUT2D eigenvalue weighted by Gasteiger charge is 2.00. The van der Waals surface area contributed by atoms with Gasteiger partial charge < -0.3 is 0 Å². The topological polar surface area (TPSA) is 37.1 Å². The maximum atomic E-state index is 5.68. The Morgan fingerprint density at radius 1 is 1.23 bits per heavy atom. The van der Waals surface area contributed by atoms with E-state index in [1.807, 2.05) is 0 Å². The number of nitrogens with zero attached hydrogens (tertiary/aromatic N) is 3. The molecule has 1 heterocycles. The Bertz CT molecular complexity index is 303. The molecular weight excluding hydrogens is 209 g/mol. The van der Waals surface area contributed by atoms with Crippen molar-refractivity contribution in [2.75, 3.05) is 0 Å². The van der Waals surface area contributed by atoms with Gasteiger partial charge in [-0.2, -0.15) is 4.99 Å². The summed E-state index contributed by atoms with van der Waals surface area (Å²) in [5, 5.41) is 0.224. The summed E-state index contributed by atoms with van der Waals surface area (Å²) >= 11 is 11.3. The highest BCUT2D eigenvalue weighted by atomic mass is 35.5. The summed E-state index contributed by atoms with van der Waals surface area (Å²) in [4.78, 5) is 11.6. The molecular formula is C8H9Cl2N3. The van der Waals surface area contributed by atoms with Crippen molar-refractivity contribution in [3.05, 3.63) is 11.8 Å². The first-order chi connectivity index (χ1) is 6.22. The predicted molar refractivity (Wildman–Crippen MR) is 58.1 cm³/mol. The fourth-order valence-corrected chi connectivity index (χ4v) is 1.23. The molecule has 0 aliphatic carbocycles. The summed E-state index contributed by atoms with van der Waals surface area (Å²) in [6, 6.07) is 0. The molecule has 0 unspecified atom stereocenters. The monoisotopic (exact) mass is 217 g/mol. The van der Waals surface area contributed by atoms with Gasteiger partial charge in [-0.05, 0) is 35.7 Å². The largest absolute Gasteiger partial charge is 0.226 e. The number of rotatable bonds is 2. The molecule has 13 heavy (non-hydrogen) atoms. The molecule has 1 aliphatic rings. The van der Waals surface area contributed by atoms with Gasteiger partial charge in [0, 0.05) is 11.9 Å². The van der Waals surface area contributed by atoms with E-state index in [-0.39, 0.29) is 10.6 Å². The number of halogens is 2. The van der Waals surface area contributed by atoms with Gasteiger partial charge in [0.15, 0.2) is 0 Å². The Morgan fingerprint density at radius 2 is 2.00 bits per heavy atom. The summed E-state index contributed by atoms with van der Waals surface area (Å²) in [6.45, 7) is 2.07. The van der Waals surface area contributed by atoms with Crippen molar-refractivity contribution >= 4 is 40.0 Å². The summed E-state index contributed by atoms with van der Waals surface area (Å²) in [7, 11) is 0. The van der Waals surface area contributed by atoms with Crippen molar-refractivity contribution in [3.8, 4) is 0 Å². The van der Waals surface area contributed by atoms with Crippen LogP contribution in [0.2, 0.25) is 0 Å². The molecule has 70 valence electrons. The predicted octanol–water partition coefficient (Wildman–Crippen LogP) is 2.94. The fourth-order valence-electron chi connectivity index (χ4n) is 0.866. The van der Waals surface area contributed by atoms with Crippen LogP contribution in [0.25, 0.3) is 0 Å². The van der Waals surface area contributed by atoms with E-state index >= 15 is 0 Å². The average molecular weight is 218 g/mol. The lowest BCUT2D eigenvalue weighted by molar-refractivity contribution is 0.895. The van der Waals surface area contributed by atoms with Crippen molar-refractivity contribution in [2.45, 2.75) is 19.8 Å². The molecule has 0 N–H and O–H groups in total. The lowest BCUT2D eigenvalue weighted by Gasteiger charge is -1.99. The van der Waals surface area contributed by atoms with E-state index < -0.39 is 0 Å². The van der Waals surface area contributed by atoms with Crippen molar-refractivity contribution in [3.63, 3.8) is 0 Å². The molecule has 0 aromatic heterocycles. The van der Waals surface area contributed by atoms with Crippen LogP contribution in [0.3, 0.4) is 0 Å². The van der Waals surface area contributed by atoms with Crippen LogP contribution >= 0.6 is 23.2 Å². The van der Waals surface area contributed by atoms with Gasteiger partial charge in [-0.15, -0.1) is 0 Å². The van der Waals surface area contributed by atoms with Gasteiger partial charge >= 0.3 is 0 Å². The molecule has 0 saturated carbocycles. The highest BCUT2D eigenvalue weighted by molar-refractivity contribution is 6.71. The quantitative estimate of drug-likeness (QED) is 0.639. The molecule has 0 radical (unpaired) electrons. The number of aliphatic imine (C=N–C) groups is 3. The van der Waals surface area contributed by atoms with Crippen molar-refractivity contribution < 1.29 is 0 Å². The third-order valence-corrected chi connectivity index (χ3v) is 1.73. The highest BCUT2D eigenvalue weighted by Crippen LogP contribution is 2.10. The zero-order valence-electron chi connectivity index (χ0n) is 7.17. The summed E-state index contributed by atoms with van der Waals surface area (Å²) in [5.41, 5.74) is 0.865. The second-order valence-electron chi connectivity index (χ2n) is 2.45. The van der Waals surface area contributed by atoms with Crippen molar-refractivity contribution in [1.29, 1.82) is 0 Å². The molecule has 0 spiro atoms. The average Bonchev–Trinajstić information content (AvgIpc) is 2.01. The van der Waals surface area contributed by atoms with Gasteiger partial charge in [-0.1, -0.05) is 13.3 Å². The van der Waals surface area contributed by atoms with Gasteiger partial charge in [0.05, 0.1) is 0 Å². The minimum absolute atomic E-state index is 0.0977. The Labute approximate surface area is 86.9 Å². The van der Waals surface area contributed by atoms with Crippen LogP contribution in [0.5, 0.6) is 0 Å². The van der Waals surface area contributed by atoms with Gasteiger partial charge in [0.2, 0.25) is 10.6 Å². The molecule has 0 aromatic rings. The van der Waals surface area contributed by atoms with E-state index in [0.29, 0.717) is 0 Å². The van der Waals surface area contributed by atoms with E-state index in [9.17, 15) is 0 Å². The molecule has 0 fully saturated rings. The normalized spacial score (nSPS) is 17.0. The second-order valence-corrected chi connectivity index (χ2v) is 3.12. The van der Waals surface area contributed by atoms with Crippen LogP contribution in [-0.2, 0) is 0 Å². The fraction of sp³-hybridized carbons (Fsp3) is 0.375. The van der Waals surface area contributed by atoms with Crippen LogP contribution in [0.4, 0.5) is 0 Å². The minimum Gasteiger partial charge on any atom is -0.226 e.